The molecule has 0 aliphatic heterocycles. The zero-order valence-corrected chi connectivity index (χ0v) is 21.9. The molecule has 0 amide bonds. The molecule has 4 aromatic rings. The molecule has 0 saturated heterocycles. The largest absolute Gasteiger partial charge is 0.447 e. The Morgan fingerprint density at radius 2 is 1.97 bits per heavy atom. The molecule has 2 aromatic heterocycles. The molecule has 0 saturated carbocycles. The number of hydrogen-bond acceptors (Lipinski definition) is 5. The third-order valence-electron chi connectivity index (χ3n) is 4.89. The van der Waals surface area contributed by atoms with Crippen molar-refractivity contribution in [2.24, 2.45) is 5.10 Å². The molecule has 2 heterocycles. The fraction of sp³-hybridized carbons (Fsp3) is 0.174. The topological polar surface area (TPSA) is 60.4 Å². The molecule has 5 nitrogen and oxygen atoms in total. The lowest BCUT2D eigenvalue weighted by atomic mass is 10.1. The molecule has 0 aliphatic rings. The highest BCUT2D eigenvalue weighted by molar-refractivity contribution is 9.10. The van der Waals surface area contributed by atoms with Gasteiger partial charge in [-0.2, -0.15) is 9.78 Å². The normalized spacial score (nSPS) is 12.7. The van der Waals surface area contributed by atoms with Crippen molar-refractivity contribution in [3.63, 3.8) is 0 Å². The van der Waals surface area contributed by atoms with E-state index in [9.17, 15) is 4.79 Å². The summed E-state index contributed by atoms with van der Waals surface area (Å²) in [5, 5.41) is 6.32. The number of benzene rings is 2. The van der Waals surface area contributed by atoms with Crippen LogP contribution in [0.3, 0.4) is 0 Å². The summed E-state index contributed by atoms with van der Waals surface area (Å²) in [5.74, 6) is 1.20. The van der Waals surface area contributed by atoms with Gasteiger partial charge in [-0.05, 0) is 64.8 Å². The van der Waals surface area contributed by atoms with Crippen LogP contribution in [-0.4, -0.2) is 15.9 Å². The van der Waals surface area contributed by atoms with Crippen molar-refractivity contribution >= 4 is 72.3 Å². The fourth-order valence-electron chi connectivity index (χ4n) is 3.01. The Bertz CT molecular complexity index is 1370. The average molecular weight is 596 g/mol. The van der Waals surface area contributed by atoms with Crippen LogP contribution in [0.15, 0.2) is 81.8 Å². The van der Waals surface area contributed by atoms with Gasteiger partial charge in [0, 0.05) is 26.4 Å². The monoisotopic (exact) mass is 593 g/mol. The summed E-state index contributed by atoms with van der Waals surface area (Å²) in [7, 11) is 0. The maximum atomic E-state index is 13.2. The molecule has 0 spiro atoms. The second-order valence-corrected chi connectivity index (χ2v) is 10.4. The third-order valence-corrected chi connectivity index (χ3v) is 7.48. The van der Waals surface area contributed by atoms with Crippen molar-refractivity contribution in [1.82, 2.24) is 9.66 Å². The van der Waals surface area contributed by atoms with E-state index in [-0.39, 0.29) is 11.5 Å². The van der Waals surface area contributed by atoms with Crippen molar-refractivity contribution in [3.8, 4) is 0 Å². The first kappa shape index (κ1) is 23.3. The Balaban J connectivity index is 1.71. The van der Waals surface area contributed by atoms with Crippen LogP contribution in [0.5, 0.6) is 0 Å². The highest BCUT2D eigenvalue weighted by atomic mass is 79.9. The van der Waals surface area contributed by atoms with Gasteiger partial charge in [-0.25, -0.2) is 4.98 Å². The zero-order chi connectivity index (χ0) is 22.8. The lowest BCUT2D eigenvalue weighted by Crippen LogP contribution is -2.23. The zero-order valence-electron chi connectivity index (χ0n) is 17.2. The Labute approximate surface area is 211 Å². The minimum absolute atomic E-state index is 0.0623. The standard InChI is InChI=1S/C23H18Br2ClN3O2S/c1-3-13(2)21-28-20-9-4-14(24)10-18(20)22(30)29(21)27-12-16-11-19(25)23(31-16)32-17-7-5-15(26)6-8-17/h4-13H,3H2,1-2H3/t13-/m0/s1. The smallest absolute Gasteiger partial charge is 0.282 e. The molecule has 0 fully saturated rings. The molecular formula is C23H18Br2ClN3O2S. The quantitative estimate of drug-likeness (QED) is 0.214. The van der Waals surface area contributed by atoms with E-state index >= 15 is 0 Å². The van der Waals surface area contributed by atoms with Gasteiger partial charge in [0.05, 0.1) is 21.6 Å². The number of furan rings is 1. The minimum Gasteiger partial charge on any atom is -0.447 e. The number of hydrogen-bond donors (Lipinski definition) is 0. The van der Waals surface area contributed by atoms with Crippen LogP contribution in [0.25, 0.3) is 10.9 Å². The van der Waals surface area contributed by atoms with Crippen LogP contribution in [0, 0.1) is 0 Å². The number of halogens is 3. The molecular weight excluding hydrogens is 578 g/mol. The summed E-state index contributed by atoms with van der Waals surface area (Å²) in [6.45, 7) is 4.09. The van der Waals surface area contributed by atoms with E-state index in [4.69, 9.17) is 21.0 Å². The van der Waals surface area contributed by atoms with E-state index in [1.807, 2.05) is 49.4 Å². The van der Waals surface area contributed by atoms with Gasteiger partial charge in [-0.3, -0.25) is 4.79 Å². The van der Waals surface area contributed by atoms with E-state index in [1.165, 1.54) is 22.7 Å². The van der Waals surface area contributed by atoms with Gasteiger partial charge in [0.1, 0.15) is 11.6 Å². The van der Waals surface area contributed by atoms with E-state index in [0.29, 0.717) is 32.6 Å². The summed E-state index contributed by atoms with van der Waals surface area (Å²) >= 11 is 14.4. The van der Waals surface area contributed by atoms with Crippen LogP contribution >= 0.6 is 55.2 Å². The van der Waals surface area contributed by atoms with Crippen molar-refractivity contribution in [1.29, 1.82) is 0 Å². The van der Waals surface area contributed by atoms with Gasteiger partial charge in [0.25, 0.3) is 5.56 Å². The summed E-state index contributed by atoms with van der Waals surface area (Å²) in [4.78, 5) is 18.9. The first-order valence-electron chi connectivity index (χ1n) is 9.85. The Morgan fingerprint density at radius 1 is 1.22 bits per heavy atom. The second kappa shape index (κ2) is 9.95. The van der Waals surface area contributed by atoms with Gasteiger partial charge in [0.15, 0.2) is 5.09 Å². The highest BCUT2D eigenvalue weighted by Crippen LogP contribution is 2.36. The molecule has 0 N–H and O–H groups in total. The summed E-state index contributed by atoms with van der Waals surface area (Å²) in [6.07, 6.45) is 2.37. The van der Waals surface area contributed by atoms with Crippen molar-refractivity contribution in [2.45, 2.75) is 36.2 Å². The lowest BCUT2D eigenvalue weighted by Gasteiger charge is -2.13. The first-order valence-corrected chi connectivity index (χ1v) is 12.6. The van der Waals surface area contributed by atoms with Crippen LogP contribution in [0.1, 0.15) is 37.8 Å². The fourth-order valence-corrected chi connectivity index (χ4v) is 4.82. The Hall–Kier alpha value is -1.87. The third kappa shape index (κ3) is 5.03. The lowest BCUT2D eigenvalue weighted by molar-refractivity contribution is 0.465. The molecule has 0 bridgehead atoms. The minimum atomic E-state index is -0.218. The van der Waals surface area contributed by atoms with E-state index in [1.54, 1.807) is 6.07 Å². The Kier molecular flexibility index (Phi) is 7.24. The highest BCUT2D eigenvalue weighted by Gasteiger charge is 2.16. The summed E-state index contributed by atoms with van der Waals surface area (Å²) < 4.78 is 8.91. The molecule has 9 heteroatoms. The van der Waals surface area contributed by atoms with Crippen molar-refractivity contribution in [3.05, 3.63) is 84.4 Å². The molecule has 32 heavy (non-hydrogen) atoms. The predicted octanol–water partition coefficient (Wildman–Crippen LogP) is 7.71. The molecule has 0 unspecified atom stereocenters. The molecule has 0 radical (unpaired) electrons. The van der Waals surface area contributed by atoms with Crippen LogP contribution < -0.4 is 5.56 Å². The molecule has 0 aliphatic carbocycles. The summed E-state index contributed by atoms with van der Waals surface area (Å²) in [5.41, 5.74) is 0.437. The van der Waals surface area contributed by atoms with Gasteiger partial charge in [0.2, 0.25) is 0 Å². The van der Waals surface area contributed by atoms with Gasteiger partial charge < -0.3 is 4.42 Å². The van der Waals surface area contributed by atoms with Crippen LogP contribution in [0.2, 0.25) is 5.02 Å². The van der Waals surface area contributed by atoms with Crippen molar-refractivity contribution in [2.75, 3.05) is 0 Å². The van der Waals surface area contributed by atoms with Crippen LogP contribution in [-0.2, 0) is 0 Å². The molecule has 2 aromatic carbocycles. The SMILES string of the molecule is CC[C@H](C)c1nc2ccc(Br)cc2c(=O)n1N=Cc1cc(Br)c(Sc2ccc(Cl)cc2)o1. The number of nitrogens with zero attached hydrogens (tertiary/aromatic N) is 3. The van der Waals surface area contributed by atoms with Gasteiger partial charge in [-0.15, -0.1) is 0 Å². The van der Waals surface area contributed by atoms with E-state index in [2.05, 4.69) is 43.9 Å². The molecule has 4 rings (SSSR count). The average Bonchev–Trinajstić information content (AvgIpc) is 3.13. The van der Waals surface area contributed by atoms with E-state index < -0.39 is 0 Å². The number of aromatic nitrogens is 2. The van der Waals surface area contributed by atoms with Crippen LogP contribution in [0.4, 0.5) is 0 Å². The summed E-state index contributed by atoms with van der Waals surface area (Å²) in [6, 6.07) is 14.8. The van der Waals surface area contributed by atoms with Gasteiger partial charge in [-0.1, -0.05) is 53.1 Å². The van der Waals surface area contributed by atoms with Gasteiger partial charge >= 0.3 is 0 Å². The Morgan fingerprint density at radius 3 is 2.69 bits per heavy atom. The van der Waals surface area contributed by atoms with E-state index in [0.717, 1.165) is 20.3 Å². The number of rotatable bonds is 6. The maximum Gasteiger partial charge on any atom is 0.282 e. The predicted molar refractivity (Wildman–Crippen MR) is 137 cm³/mol. The first-order chi connectivity index (χ1) is 15.4. The number of fused-ring (bicyclic) bond motifs is 1. The second-order valence-electron chi connectivity index (χ2n) is 7.14. The molecule has 1 atom stereocenters. The van der Waals surface area contributed by atoms with Crippen molar-refractivity contribution < 1.29 is 4.42 Å². The molecule has 164 valence electrons. The maximum absolute atomic E-state index is 13.2.